The molecular formula is C54H69N9O24. The van der Waals surface area contributed by atoms with E-state index >= 15 is 0 Å². The van der Waals surface area contributed by atoms with E-state index < -0.39 is 155 Å². The molecule has 1 saturated heterocycles. The predicted octanol–water partition coefficient (Wildman–Crippen LogP) is 2.47. The number of ether oxygens (including phenoxy) is 8. The molecule has 2 fully saturated rings. The molecule has 3 aliphatic rings. The first-order valence-electron chi connectivity index (χ1n) is 27.0. The third-order valence-electron chi connectivity index (χ3n) is 13.6. The van der Waals surface area contributed by atoms with Crippen LogP contribution in [-0.4, -0.2) is 181 Å². The number of amides is 6. The van der Waals surface area contributed by atoms with Gasteiger partial charge in [0.05, 0.1) is 52.1 Å². The zero-order valence-electron chi connectivity index (χ0n) is 48.0. The quantitative estimate of drug-likeness (QED) is 0.0374. The second kappa shape index (κ2) is 30.0. The van der Waals surface area contributed by atoms with Gasteiger partial charge >= 0.3 is 24.4 Å². The van der Waals surface area contributed by atoms with Crippen molar-refractivity contribution in [3.05, 3.63) is 132 Å². The lowest BCUT2D eigenvalue weighted by Gasteiger charge is -2.50. The molecule has 3 aromatic carbocycles. The Kier molecular flexibility index (Phi) is 23.2. The van der Waals surface area contributed by atoms with Gasteiger partial charge in [-0.05, 0) is 106 Å². The maximum Gasteiger partial charge on any atom is 0.410 e. The molecule has 0 radical (unpaired) electrons. The first-order valence-corrected chi connectivity index (χ1v) is 27.0. The summed E-state index contributed by atoms with van der Waals surface area (Å²) in [5.41, 5.74) is -2.59. The highest BCUT2D eigenvalue weighted by Gasteiger charge is 2.55. The predicted molar refractivity (Wildman–Crippen MR) is 295 cm³/mol. The van der Waals surface area contributed by atoms with Crippen molar-refractivity contribution in [1.82, 2.24) is 31.5 Å². The molecule has 0 unspecified atom stereocenters. The number of non-ortho nitro benzene ring substituents is 3. The first kappa shape index (κ1) is 67.3. The fourth-order valence-electron chi connectivity index (χ4n) is 9.28. The fraction of sp³-hybridized carbons (Fsp3) is 0.519. The van der Waals surface area contributed by atoms with Crippen LogP contribution in [0.15, 0.2) is 84.6 Å². The zero-order chi connectivity index (χ0) is 63.9. The Bertz CT molecular complexity index is 2960. The van der Waals surface area contributed by atoms with Crippen molar-refractivity contribution in [2.75, 3.05) is 26.7 Å². The summed E-state index contributed by atoms with van der Waals surface area (Å²) in [7, 11) is 1.24. The highest BCUT2D eigenvalue weighted by Crippen LogP contribution is 2.35. The van der Waals surface area contributed by atoms with Gasteiger partial charge in [-0.1, -0.05) is 0 Å². The number of nitro benzene ring substituents is 3. The number of alkyl carbamates (subject to hydrolysis) is 3. The molecule has 6 amide bonds. The lowest BCUT2D eigenvalue weighted by molar-refractivity contribution is -0.385. The van der Waals surface area contributed by atoms with Crippen molar-refractivity contribution >= 4 is 53.2 Å². The highest BCUT2D eigenvalue weighted by molar-refractivity contribution is 5.81. The molecule has 87 heavy (non-hydrogen) atoms. The van der Waals surface area contributed by atoms with Crippen LogP contribution in [0.25, 0.3) is 0 Å². The number of nitro groups is 3. The summed E-state index contributed by atoms with van der Waals surface area (Å²) in [5, 5.41) is 93.7. The number of carbonyl (C=O) groups excluding carboxylic acids is 6. The zero-order valence-corrected chi connectivity index (χ0v) is 48.0. The van der Waals surface area contributed by atoms with Crippen LogP contribution in [-0.2, 0) is 67.3 Å². The van der Waals surface area contributed by atoms with Gasteiger partial charge in [0.1, 0.15) is 67.3 Å². The summed E-state index contributed by atoms with van der Waals surface area (Å²) in [4.78, 5) is 112. The smallest absolute Gasteiger partial charge is 0.410 e. The average molecular weight is 1230 g/mol. The summed E-state index contributed by atoms with van der Waals surface area (Å²) < 4.78 is 46.4. The van der Waals surface area contributed by atoms with Crippen LogP contribution in [0.3, 0.4) is 0 Å². The van der Waals surface area contributed by atoms with Crippen LogP contribution in [0.5, 0.6) is 0 Å². The number of nitrogens with one attached hydrogen (secondary N) is 5. The van der Waals surface area contributed by atoms with Crippen molar-refractivity contribution in [2.45, 2.75) is 152 Å². The van der Waals surface area contributed by atoms with E-state index in [9.17, 15) is 79.5 Å². The van der Waals surface area contributed by atoms with E-state index in [-0.39, 0.29) is 55.5 Å². The van der Waals surface area contributed by atoms with Crippen molar-refractivity contribution in [1.29, 1.82) is 0 Å². The lowest BCUT2D eigenvalue weighted by Crippen LogP contribution is -2.70. The molecule has 0 bridgehead atoms. The largest absolute Gasteiger partial charge is 0.465 e. The summed E-state index contributed by atoms with van der Waals surface area (Å²) in [6, 6.07) is 9.51. The minimum atomic E-state index is -2.11. The second-order valence-corrected chi connectivity index (χ2v) is 21.6. The third kappa shape index (κ3) is 19.6. The Labute approximate surface area is 495 Å². The molecule has 6 rings (SSSR count). The maximum absolute atomic E-state index is 14.0. The van der Waals surface area contributed by atoms with E-state index in [4.69, 9.17) is 37.9 Å². The summed E-state index contributed by atoms with van der Waals surface area (Å²) in [6.45, 7) is 4.94. The number of hydrogen-bond donors (Lipinski definition) is 9. The molecule has 9 N–H and O–H groups in total. The number of hydrogen-bond acceptors (Lipinski definition) is 24. The Hall–Kier alpha value is -8.86. The third-order valence-corrected chi connectivity index (χ3v) is 13.6. The molecule has 33 nitrogen and oxygen atoms in total. The number of nitrogens with zero attached hydrogens (tertiary/aromatic N) is 4. The Morgan fingerprint density at radius 1 is 0.701 bits per heavy atom. The SMILES string of the molecule is CC(=O)NCC1=CC[C@@H](NC(=O)OCc2ccc([N+](=O)[O-])cc2)[C@@H](O[C@H]2[C@H](O)[C@@H](O[C@H]3OC[C@](C)(O)[C@H](N(C)C(=O)OC(C)(C)C)[C@H]3O)[C@H](NC(=O)[C@@H](O)CCNC(=O)OCc3ccc([N+](=O)[O-])cc3)C[C@@H]2NC(=O)OCc2ccc([N+](=O)[O-])cc2)O1. The molecule has 2 aliphatic heterocycles. The van der Waals surface area contributed by atoms with Crippen LogP contribution in [0.2, 0.25) is 0 Å². The van der Waals surface area contributed by atoms with Crippen molar-refractivity contribution in [3.63, 3.8) is 0 Å². The maximum atomic E-state index is 14.0. The average Bonchev–Trinajstić information content (AvgIpc) is 0.866. The number of rotatable bonds is 23. The minimum Gasteiger partial charge on any atom is -0.465 e. The van der Waals surface area contributed by atoms with Crippen LogP contribution in [0.4, 0.5) is 36.2 Å². The summed E-state index contributed by atoms with van der Waals surface area (Å²) >= 11 is 0. The number of carbonyl (C=O) groups is 6. The molecule has 1 saturated carbocycles. The van der Waals surface area contributed by atoms with Crippen LogP contribution in [0.1, 0.15) is 70.6 Å². The van der Waals surface area contributed by atoms with E-state index in [0.717, 1.165) is 4.90 Å². The first-order chi connectivity index (χ1) is 41.0. The molecule has 0 aromatic heterocycles. The van der Waals surface area contributed by atoms with Gasteiger partial charge in [-0.15, -0.1) is 0 Å². The Morgan fingerprint density at radius 2 is 1.16 bits per heavy atom. The minimum absolute atomic E-state index is 0.0925. The van der Waals surface area contributed by atoms with Crippen LogP contribution in [0, 0.1) is 30.3 Å². The van der Waals surface area contributed by atoms with Gasteiger partial charge in [0.2, 0.25) is 18.1 Å². The van der Waals surface area contributed by atoms with E-state index in [0.29, 0.717) is 16.7 Å². The number of aliphatic hydroxyl groups is 4. The van der Waals surface area contributed by atoms with Gasteiger partial charge in [-0.3, -0.25) is 39.9 Å². The van der Waals surface area contributed by atoms with E-state index in [1.807, 2.05) is 0 Å². The molecule has 474 valence electrons. The van der Waals surface area contributed by atoms with Crippen LogP contribution >= 0.6 is 0 Å². The molecule has 33 heteroatoms. The standard InChI is InChI=1S/C54H69N9O24/c1-29(64)56-24-36-19-20-37(58-50(70)81-26-31-9-15-34(16-10-31)62(76)77)47(84-36)85-44-39(59-51(71)82-27-32-11-17-35(18-12-32)63(78)79)23-38(57-46(68)40(65)21-22-55-49(69)80-25-30-7-13-33(14-8-30)61(74)75)43(41(44)66)86-48-42(67)45(54(5,73)28-83-48)60(6)52(72)87-53(2,3)4/h7-19,37-45,47-48,65-67,73H,20-28H2,1-6H3,(H,55,69)(H,56,64)(H,57,68)(H,58,70)(H,59,71)/t37-,38-,39+,40+,41-,42-,43+,44-,45-,47-,48-,54+/m1/s1. The van der Waals surface area contributed by atoms with Crippen LogP contribution < -0.4 is 26.6 Å². The normalized spacial score (nSPS) is 24.6. The van der Waals surface area contributed by atoms with Gasteiger partial charge in [0.25, 0.3) is 17.1 Å². The second-order valence-electron chi connectivity index (χ2n) is 21.6. The van der Waals surface area contributed by atoms with E-state index in [1.54, 1.807) is 20.8 Å². The fourth-order valence-corrected chi connectivity index (χ4v) is 9.28. The number of benzene rings is 3. The molecule has 1 aliphatic carbocycles. The van der Waals surface area contributed by atoms with E-state index in [1.165, 1.54) is 99.8 Å². The van der Waals surface area contributed by atoms with Gasteiger partial charge < -0.3 is 89.8 Å². The van der Waals surface area contributed by atoms with Crippen molar-refractivity contribution in [2.24, 2.45) is 0 Å². The molecule has 12 atom stereocenters. The highest BCUT2D eigenvalue weighted by atomic mass is 16.7. The van der Waals surface area contributed by atoms with Gasteiger partial charge in [-0.2, -0.15) is 0 Å². The molecule has 0 spiro atoms. The van der Waals surface area contributed by atoms with Gasteiger partial charge in [0.15, 0.2) is 6.29 Å². The Morgan fingerprint density at radius 3 is 1.63 bits per heavy atom. The molecule has 3 aromatic rings. The van der Waals surface area contributed by atoms with Crippen molar-refractivity contribution < 1.29 is 102 Å². The summed E-state index contributed by atoms with van der Waals surface area (Å²) in [5.74, 6) is -1.51. The Balaban J connectivity index is 1.31. The molecular weight excluding hydrogens is 1160 g/mol. The van der Waals surface area contributed by atoms with Crippen molar-refractivity contribution in [3.8, 4) is 0 Å². The van der Waals surface area contributed by atoms with Gasteiger partial charge in [-0.25, -0.2) is 19.2 Å². The van der Waals surface area contributed by atoms with Gasteiger partial charge in [0, 0.05) is 56.9 Å². The number of likely N-dealkylation sites (N-methyl/N-ethyl adjacent to an activating group) is 1. The topological polar surface area (TPSA) is 450 Å². The molecule has 2 heterocycles. The monoisotopic (exact) mass is 1230 g/mol. The summed E-state index contributed by atoms with van der Waals surface area (Å²) in [6.07, 6.45) is -16.9. The lowest BCUT2D eigenvalue weighted by atomic mass is 9.82. The number of aliphatic hydroxyl groups excluding tert-OH is 3. The van der Waals surface area contributed by atoms with E-state index in [2.05, 4.69) is 26.6 Å².